The van der Waals surface area contributed by atoms with Crippen LogP contribution in [0, 0.1) is 6.92 Å². The lowest BCUT2D eigenvalue weighted by atomic mass is 10.1. The van der Waals surface area contributed by atoms with Crippen LogP contribution in [0.5, 0.6) is 0 Å². The van der Waals surface area contributed by atoms with Gasteiger partial charge < -0.3 is 10.2 Å². The maximum Gasteiger partial charge on any atom is 0.416 e. The van der Waals surface area contributed by atoms with E-state index in [9.17, 15) is 22.8 Å². The summed E-state index contributed by atoms with van der Waals surface area (Å²) in [4.78, 5) is 30.2. The number of carbonyl (C=O) groups is 2. The molecule has 5 nitrogen and oxygen atoms in total. The first kappa shape index (κ1) is 21.8. The largest absolute Gasteiger partial charge is 0.416 e. The van der Waals surface area contributed by atoms with Gasteiger partial charge in [-0.25, -0.2) is 4.98 Å². The SMILES string of the molecule is Cc1ccc(C(=O)N(C)C)cc1NC(=O)CCc1nc2cc(C(F)(F)F)ccc2s1. The Hall–Kier alpha value is -2.94. The average Bonchev–Trinajstić information content (AvgIpc) is 3.09. The average molecular weight is 435 g/mol. The van der Waals surface area contributed by atoms with Crippen LogP contribution in [0.25, 0.3) is 10.2 Å². The zero-order valence-corrected chi connectivity index (χ0v) is 17.4. The summed E-state index contributed by atoms with van der Waals surface area (Å²) < 4.78 is 39.2. The van der Waals surface area contributed by atoms with Crippen LogP contribution < -0.4 is 5.32 Å². The van der Waals surface area contributed by atoms with E-state index in [1.807, 2.05) is 6.92 Å². The van der Waals surface area contributed by atoms with Gasteiger partial charge in [-0.1, -0.05) is 6.07 Å². The van der Waals surface area contributed by atoms with Gasteiger partial charge in [0.25, 0.3) is 5.91 Å². The smallest absolute Gasteiger partial charge is 0.345 e. The molecule has 1 aromatic heterocycles. The molecule has 0 saturated heterocycles. The number of alkyl halides is 3. The number of rotatable bonds is 5. The van der Waals surface area contributed by atoms with E-state index in [1.54, 1.807) is 32.3 Å². The molecule has 2 aromatic carbocycles. The molecule has 0 atom stereocenters. The number of nitrogens with one attached hydrogen (secondary N) is 1. The molecule has 0 unspecified atom stereocenters. The van der Waals surface area contributed by atoms with E-state index in [1.165, 1.54) is 22.3 Å². The van der Waals surface area contributed by atoms with Gasteiger partial charge in [-0.05, 0) is 42.8 Å². The van der Waals surface area contributed by atoms with Crippen molar-refractivity contribution < 1.29 is 22.8 Å². The summed E-state index contributed by atoms with van der Waals surface area (Å²) in [7, 11) is 3.30. The Morgan fingerprint density at radius 3 is 2.53 bits per heavy atom. The topological polar surface area (TPSA) is 62.3 Å². The van der Waals surface area contributed by atoms with Crippen molar-refractivity contribution in [3.05, 3.63) is 58.1 Å². The normalized spacial score (nSPS) is 11.5. The summed E-state index contributed by atoms with van der Waals surface area (Å²) in [5.41, 5.74) is 1.36. The molecule has 3 aromatic rings. The van der Waals surface area contributed by atoms with Gasteiger partial charge in [0.1, 0.15) is 0 Å². The number of hydrogen-bond acceptors (Lipinski definition) is 4. The van der Waals surface area contributed by atoms with Crippen LogP contribution in [-0.4, -0.2) is 35.8 Å². The first-order valence-electron chi connectivity index (χ1n) is 9.13. The third-order valence-electron chi connectivity index (χ3n) is 4.49. The summed E-state index contributed by atoms with van der Waals surface area (Å²) >= 11 is 1.27. The summed E-state index contributed by atoms with van der Waals surface area (Å²) in [6.07, 6.45) is -3.99. The Kier molecular flexibility index (Phi) is 6.12. The number of halogens is 3. The Morgan fingerprint density at radius 2 is 1.87 bits per heavy atom. The minimum absolute atomic E-state index is 0.122. The highest BCUT2D eigenvalue weighted by Gasteiger charge is 2.30. The van der Waals surface area contributed by atoms with Crippen LogP contribution in [0.15, 0.2) is 36.4 Å². The minimum atomic E-state index is -4.42. The number of amides is 2. The van der Waals surface area contributed by atoms with Gasteiger partial charge in [-0.2, -0.15) is 13.2 Å². The zero-order chi connectivity index (χ0) is 22.1. The summed E-state index contributed by atoms with van der Waals surface area (Å²) in [5.74, 6) is -0.430. The molecule has 0 radical (unpaired) electrons. The molecular formula is C21H20F3N3O2S. The fourth-order valence-electron chi connectivity index (χ4n) is 2.84. The third kappa shape index (κ3) is 4.96. The number of carbonyl (C=O) groups excluding carboxylic acids is 2. The van der Waals surface area contributed by atoms with Crippen molar-refractivity contribution in [2.75, 3.05) is 19.4 Å². The molecule has 0 fully saturated rings. The van der Waals surface area contributed by atoms with Crippen LogP contribution in [0.2, 0.25) is 0 Å². The quantitative estimate of drug-likeness (QED) is 0.620. The Morgan fingerprint density at radius 1 is 1.13 bits per heavy atom. The molecule has 158 valence electrons. The van der Waals surface area contributed by atoms with Crippen molar-refractivity contribution >= 4 is 39.1 Å². The molecule has 1 heterocycles. The Bertz CT molecular complexity index is 1110. The van der Waals surface area contributed by atoms with E-state index in [0.717, 1.165) is 17.7 Å². The van der Waals surface area contributed by atoms with Crippen molar-refractivity contribution in [3.8, 4) is 0 Å². The molecule has 30 heavy (non-hydrogen) atoms. The number of nitrogens with zero attached hydrogens (tertiary/aromatic N) is 2. The molecular weight excluding hydrogens is 415 g/mol. The lowest BCUT2D eigenvalue weighted by Crippen LogP contribution is -2.22. The molecule has 0 aliphatic carbocycles. The first-order chi connectivity index (χ1) is 14.0. The van der Waals surface area contributed by atoms with Crippen LogP contribution in [0.3, 0.4) is 0 Å². The highest BCUT2D eigenvalue weighted by atomic mass is 32.1. The monoisotopic (exact) mass is 435 g/mol. The van der Waals surface area contributed by atoms with Crippen molar-refractivity contribution in [3.63, 3.8) is 0 Å². The fourth-order valence-corrected chi connectivity index (χ4v) is 3.79. The lowest BCUT2D eigenvalue weighted by molar-refractivity contribution is -0.137. The predicted molar refractivity (Wildman–Crippen MR) is 111 cm³/mol. The molecule has 0 aliphatic heterocycles. The molecule has 0 spiro atoms. The van der Waals surface area contributed by atoms with Crippen LogP contribution >= 0.6 is 11.3 Å². The highest BCUT2D eigenvalue weighted by molar-refractivity contribution is 7.18. The van der Waals surface area contributed by atoms with E-state index in [4.69, 9.17) is 0 Å². The third-order valence-corrected chi connectivity index (χ3v) is 5.59. The number of benzene rings is 2. The van der Waals surface area contributed by atoms with Crippen molar-refractivity contribution in [1.82, 2.24) is 9.88 Å². The summed E-state index contributed by atoms with van der Waals surface area (Å²) in [5, 5.41) is 3.39. The maximum absolute atomic E-state index is 12.8. The van der Waals surface area contributed by atoms with Crippen molar-refractivity contribution in [2.24, 2.45) is 0 Å². The zero-order valence-electron chi connectivity index (χ0n) is 16.6. The molecule has 0 bridgehead atoms. The summed E-state index contributed by atoms with van der Waals surface area (Å²) in [6, 6.07) is 8.54. The van der Waals surface area contributed by atoms with E-state index in [0.29, 0.717) is 27.4 Å². The first-order valence-corrected chi connectivity index (χ1v) is 9.95. The van der Waals surface area contributed by atoms with Gasteiger partial charge in [-0.15, -0.1) is 11.3 Å². The second kappa shape index (κ2) is 8.43. The van der Waals surface area contributed by atoms with E-state index >= 15 is 0 Å². The van der Waals surface area contributed by atoms with Gasteiger partial charge in [-0.3, -0.25) is 9.59 Å². The molecule has 0 saturated carbocycles. The molecule has 9 heteroatoms. The molecule has 3 rings (SSSR count). The van der Waals surface area contributed by atoms with Crippen LogP contribution in [0.4, 0.5) is 18.9 Å². The van der Waals surface area contributed by atoms with Crippen molar-refractivity contribution in [2.45, 2.75) is 25.9 Å². The van der Waals surface area contributed by atoms with E-state index in [2.05, 4.69) is 10.3 Å². The van der Waals surface area contributed by atoms with Crippen LogP contribution in [0.1, 0.15) is 32.9 Å². The predicted octanol–water partition coefficient (Wildman–Crippen LogP) is 4.90. The van der Waals surface area contributed by atoms with Crippen molar-refractivity contribution in [1.29, 1.82) is 0 Å². The van der Waals surface area contributed by atoms with Crippen LogP contribution in [-0.2, 0) is 17.4 Å². The van der Waals surface area contributed by atoms with Gasteiger partial charge in [0.15, 0.2) is 0 Å². The molecule has 0 aliphatic rings. The lowest BCUT2D eigenvalue weighted by Gasteiger charge is -2.13. The standard InChI is InChI=1S/C21H20F3N3O2S/c1-12-4-5-13(20(29)27(2)3)10-15(12)25-18(28)8-9-19-26-16-11-14(21(22,23)24)6-7-17(16)30-19/h4-7,10-11H,8-9H2,1-3H3,(H,25,28). The second-order valence-electron chi connectivity index (χ2n) is 7.07. The molecule has 1 N–H and O–H groups in total. The van der Waals surface area contributed by atoms with Gasteiger partial charge >= 0.3 is 6.18 Å². The fraction of sp³-hybridized carbons (Fsp3) is 0.286. The van der Waals surface area contributed by atoms with E-state index in [-0.39, 0.29) is 23.8 Å². The number of fused-ring (bicyclic) bond motifs is 1. The number of hydrogen-bond donors (Lipinski definition) is 1. The number of anilines is 1. The summed E-state index contributed by atoms with van der Waals surface area (Å²) in [6.45, 7) is 1.82. The van der Waals surface area contributed by atoms with E-state index < -0.39 is 11.7 Å². The number of aromatic nitrogens is 1. The minimum Gasteiger partial charge on any atom is -0.345 e. The Balaban J connectivity index is 1.67. The highest BCUT2D eigenvalue weighted by Crippen LogP contribution is 2.33. The maximum atomic E-state index is 12.8. The number of thiazole rings is 1. The van der Waals surface area contributed by atoms with Gasteiger partial charge in [0.05, 0.1) is 20.8 Å². The second-order valence-corrected chi connectivity index (χ2v) is 8.18. The van der Waals surface area contributed by atoms with Gasteiger partial charge in [0, 0.05) is 38.2 Å². The molecule has 2 amide bonds. The van der Waals surface area contributed by atoms with Gasteiger partial charge in [0.2, 0.25) is 5.91 Å². The Labute approximate surface area is 175 Å². The number of aryl methyl sites for hydroxylation is 2.